The largest absolute Gasteiger partial charge is 0.596 e. The molecule has 0 aromatic rings. The number of hydrogen-bond donors (Lipinski definition) is 1. The van der Waals surface area contributed by atoms with Crippen LogP contribution in [0.4, 0.5) is 9.59 Å². The van der Waals surface area contributed by atoms with Crippen LogP contribution in [0, 0.1) is 0 Å². The van der Waals surface area contributed by atoms with Gasteiger partial charge in [-0.15, -0.1) is 4.70 Å². The standard InChI is InChI=1S/C6H10N2O4/c1-2-3-4-12-6(11)8(7)5(9)10/h2-4H2,1H3,(H,9,10). The summed E-state index contributed by atoms with van der Waals surface area (Å²) < 4.78 is 3.87. The topological polar surface area (TPSA) is 88.9 Å². The van der Waals surface area contributed by atoms with Crippen molar-refractivity contribution >= 4 is 12.2 Å². The van der Waals surface area contributed by atoms with Crippen molar-refractivity contribution in [3.63, 3.8) is 0 Å². The van der Waals surface area contributed by atoms with Gasteiger partial charge in [-0.3, -0.25) is 0 Å². The second-order valence-corrected chi connectivity index (χ2v) is 2.06. The number of ether oxygens (including phenoxy) is 1. The highest BCUT2D eigenvalue weighted by molar-refractivity contribution is 5.71. The van der Waals surface area contributed by atoms with E-state index in [0.29, 0.717) is 6.42 Å². The highest BCUT2D eigenvalue weighted by Crippen LogP contribution is 1.91. The Hall–Kier alpha value is -1.46. The van der Waals surface area contributed by atoms with E-state index in [1.54, 1.807) is 0 Å². The van der Waals surface area contributed by atoms with Crippen molar-refractivity contribution in [1.29, 1.82) is 0 Å². The number of imide groups is 1. The van der Waals surface area contributed by atoms with Crippen molar-refractivity contribution < 1.29 is 24.1 Å². The number of amides is 2. The van der Waals surface area contributed by atoms with Gasteiger partial charge in [0.15, 0.2) is 0 Å². The summed E-state index contributed by atoms with van der Waals surface area (Å²) in [5.74, 6) is 0. The molecule has 0 heterocycles. The van der Waals surface area contributed by atoms with Gasteiger partial charge in [0, 0.05) is 0 Å². The molecule has 0 radical (unpaired) electrons. The first-order valence-electron chi connectivity index (χ1n) is 3.48. The van der Waals surface area contributed by atoms with Crippen LogP contribution in [0.2, 0.25) is 0 Å². The molecule has 0 aliphatic heterocycles. The Morgan fingerprint density at radius 3 is 2.58 bits per heavy atom. The van der Waals surface area contributed by atoms with Gasteiger partial charge in [0.25, 0.3) is 0 Å². The Labute approximate surface area is 69.2 Å². The van der Waals surface area contributed by atoms with Crippen molar-refractivity contribution in [2.24, 2.45) is 0 Å². The minimum atomic E-state index is -1.75. The molecular weight excluding hydrogens is 164 g/mol. The summed E-state index contributed by atoms with van der Waals surface area (Å²) >= 11 is 0. The predicted molar refractivity (Wildman–Crippen MR) is 37.9 cm³/mol. The van der Waals surface area contributed by atoms with Gasteiger partial charge in [-0.1, -0.05) is 13.3 Å². The van der Waals surface area contributed by atoms with Gasteiger partial charge in [-0.25, -0.2) is 0 Å². The van der Waals surface area contributed by atoms with Gasteiger partial charge in [-0.05, 0) is 6.42 Å². The van der Waals surface area contributed by atoms with E-state index in [2.05, 4.69) is 4.74 Å². The Morgan fingerprint density at radius 1 is 1.58 bits per heavy atom. The maximum Gasteiger partial charge on any atom is 0.596 e. The molecular formula is C6H10N2O4. The Balaban J connectivity index is 3.73. The van der Waals surface area contributed by atoms with Gasteiger partial charge in [0.05, 0.1) is 6.61 Å². The van der Waals surface area contributed by atoms with Crippen LogP contribution < -0.4 is 0 Å². The zero-order valence-electron chi connectivity index (χ0n) is 6.69. The van der Waals surface area contributed by atoms with E-state index in [9.17, 15) is 9.59 Å². The lowest BCUT2D eigenvalue weighted by Crippen LogP contribution is -2.23. The summed E-state index contributed by atoms with van der Waals surface area (Å²) in [6, 6.07) is 0. The van der Waals surface area contributed by atoms with Gasteiger partial charge in [0.1, 0.15) is 0 Å². The van der Waals surface area contributed by atoms with Crippen LogP contribution in [-0.2, 0) is 4.74 Å². The highest BCUT2D eigenvalue weighted by Gasteiger charge is 2.21. The Bertz CT molecular complexity index is 202. The predicted octanol–water partition coefficient (Wildman–Crippen LogP) is 1.64. The van der Waals surface area contributed by atoms with Gasteiger partial charge >= 0.3 is 12.2 Å². The maximum atomic E-state index is 10.5. The number of carbonyl (C=O) groups excluding carboxylic acids is 1. The third-order valence-electron chi connectivity index (χ3n) is 1.08. The van der Waals surface area contributed by atoms with Gasteiger partial charge in [-0.2, -0.15) is 9.59 Å². The fourth-order valence-corrected chi connectivity index (χ4v) is 0.443. The number of carbonyl (C=O) groups is 2. The number of hydrogen-bond acceptors (Lipinski definition) is 3. The molecule has 0 saturated carbocycles. The molecule has 0 aliphatic rings. The average molecular weight is 174 g/mol. The Morgan fingerprint density at radius 2 is 2.17 bits per heavy atom. The molecule has 2 amide bonds. The highest BCUT2D eigenvalue weighted by atomic mass is 16.6. The molecule has 0 spiro atoms. The molecule has 0 aromatic carbocycles. The molecule has 0 saturated heterocycles. The summed E-state index contributed by atoms with van der Waals surface area (Å²) in [5.41, 5.74) is 8.45. The van der Waals surface area contributed by atoms with E-state index in [1.165, 1.54) is 0 Å². The van der Waals surface area contributed by atoms with Crippen molar-refractivity contribution in [3.8, 4) is 0 Å². The minimum Gasteiger partial charge on any atom is -0.481 e. The molecule has 6 nitrogen and oxygen atoms in total. The average Bonchev–Trinajstić information content (AvgIpc) is 2.03. The van der Waals surface area contributed by atoms with E-state index in [1.807, 2.05) is 6.92 Å². The first-order chi connectivity index (χ1) is 5.59. The fourth-order valence-electron chi connectivity index (χ4n) is 0.443. The van der Waals surface area contributed by atoms with E-state index in [0.717, 1.165) is 6.42 Å². The second-order valence-electron chi connectivity index (χ2n) is 2.06. The summed E-state index contributed by atoms with van der Waals surface area (Å²) in [5, 5.41) is 8.08. The summed E-state index contributed by atoms with van der Waals surface area (Å²) in [6.07, 6.45) is -1.56. The van der Waals surface area contributed by atoms with Crippen LogP contribution in [0.5, 0.6) is 0 Å². The molecule has 68 valence electrons. The Kier molecular flexibility index (Phi) is 4.59. The van der Waals surface area contributed by atoms with E-state index >= 15 is 0 Å². The zero-order valence-corrected chi connectivity index (χ0v) is 6.69. The van der Waals surface area contributed by atoms with Crippen molar-refractivity contribution in [2.45, 2.75) is 19.8 Å². The van der Waals surface area contributed by atoms with Crippen LogP contribution >= 0.6 is 0 Å². The van der Waals surface area contributed by atoms with Crippen LogP contribution in [0.25, 0.3) is 5.53 Å². The maximum absolute atomic E-state index is 10.5. The molecule has 0 fully saturated rings. The zero-order chi connectivity index (χ0) is 9.56. The summed E-state index contributed by atoms with van der Waals surface area (Å²) in [6.45, 7) is 2.00. The SMILES string of the molecule is CCCCOC(=O)[N+](=[N-])C(=O)O. The van der Waals surface area contributed by atoms with Crippen LogP contribution in [0.15, 0.2) is 0 Å². The molecule has 0 aromatic heterocycles. The summed E-state index contributed by atoms with van der Waals surface area (Å²) in [7, 11) is 0. The quantitative estimate of drug-likeness (QED) is 0.400. The lowest BCUT2D eigenvalue weighted by Gasteiger charge is -1.99. The third-order valence-corrected chi connectivity index (χ3v) is 1.08. The third kappa shape index (κ3) is 3.65. The van der Waals surface area contributed by atoms with Crippen LogP contribution in [-0.4, -0.2) is 28.6 Å². The van der Waals surface area contributed by atoms with Crippen LogP contribution in [0.3, 0.4) is 0 Å². The smallest absolute Gasteiger partial charge is 0.481 e. The lowest BCUT2D eigenvalue weighted by molar-refractivity contribution is -0.386. The number of unbranched alkanes of at least 4 members (excludes halogenated alkanes) is 1. The monoisotopic (exact) mass is 174 g/mol. The molecule has 12 heavy (non-hydrogen) atoms. The molecule has 6 heteroatoms. The second kappa shape index (κ2) is 5.22. The van der Waals surface area contributed by atoms with E-state index < -0.39 is 16.9 Å². The molecule has 0 aliphatic carbocycles. The lowest BCUT2D eigenvalue weighted by atomic mass is 10.4. The van der Waals surface area contributed by atoms with Crippen molar-refractivity contribution in [2.75, 3.05) is 6.61 Å². The fraction of sp³-hybridized carbons (Fsp3) is 0.667. The molecule has 0 atom stereocenters. The number of carboxylic acid groups (broad SMARTS) is 1. The normalized spacial score (nSPS) is 9.08. The number of nitrogens with zero attached hydrogens (tertiary/aromatic N) is 2. The minimum absolute atomic E-state index is 0.111. The van der Waals surface area contributed by atoms with Gasteiger partial charge < -0.3 is 15.4 Å². The molecule has 0 unspecified atom stereocenters. The van der Waals surface area contributed by atoms with E-state index in [-0.39, 0.29) is 6.61 Å². The van der Waals surface area contributed by atoms with Gasteiger partial charge in [0.2, 0.25) is 0 Å². The summed E-state index contributed by atoms with van der Waals surface area (Å²) in [4.78, 5) is 20.5. The number of rotatable bonds is 3. The first-order valence-corrected chi connectivity index (χ1v) is 3.48. The van der Waals surface area contributed by atoms with Crippen molar-refractivity contribution in [3.05, 3.63) is 5.53 Å². The first kappa shape index (κ1) is 10.5. The van der Waals surface area contributed by atoms with E-state index in [4.69, 9.17) is 10.6 Å². The van der Waals surface area contributed by atoms with Crippen molar-refractivity contribution in [1.82, 2.24) is 0 Å². The molecule has 0 rings (SSSR count). The molecule has 0 bridgehead atoms. The molecule has 1 N–H and O–H groups in total. The van der Waals surface area contributed by atoms with Crippen LogP contribution in [0.1, 0.15) is 19.8 Å².